The molecule has 7 aromatic rings. The fraction of sp³-hybridized carbons (Fsp3) is 0.0909. The van der Waals surface area contributed by atoms with Gasteiger partial charge in [-0.2, -0.15) is 0 Å². The van der Waals surface area contributed by atoms with Gasteiger partial charge in [0.25, 0.3) is 0 Å². The van der Waals surface area contributed by atoms with Crippen molar-refractivity contribution in [3.63, 3.8) is 0 Å². The molecule has 238 valence electrons. The minimum atomic E-state index is 0.137. The molecule has 4 aliphatic rings. The van der Waals surface area contributed by atoms with E-state index in [2.05, 4.69) is 149 Å². The first-order valence-corrected chi connectivity index (χ1v) is 20.0. The number of anilines is 5. The van der Waals surface area contributed by atoms with E-state index < -0.39 is 0 Å². The van der Waals surface area contributed by atoms with Gasteiger partial charge in [0, 0.05) is 52.7 Å². The molecular weight excluding hydrogens is 664 g/mol. The van der Waals surface area contributed by atoms with Crippen LogP contribution in [-0.2, 0) is 0 Å². The van der Waals surface area contributed by atoms with Crippen LogP contribution in [0.15, 0.2) is 164 Å². The molecule has 6 heteroatoms. The van der Waals surface area contributed by atoms with E-state index in [1.165, 1.54) is 111 Å². The molecule has 6 aromatic carbocycles. The van der Waals surface area contributed by atoms with Gasteiger partial charge in [-0.15, -0.1) is 11.3 Å². The zero-order valence-corrected chi connectivity index (χ0v) is 29.8. The lowest BCUT2D eigenvalue weighted by Gasteiger charge is -2.42. The second-order valence-corrected chi connectivity index (χ2v) is 16.7. The Morgan fingerprint density at radius 2 is 1.38 bits per heavy atom. The SMILES string of the molecule is c1ccc(N2c3cc(N4C5=C(CCCC5)Sc5ccccc54)ccc3B3c4cc(-c5cccc6ccsc56)ccc4Sc4cccc2c43)cc1. The molecule has 0 fully saturated rings. The first-order valence-electron chi connectivity index (χ1n) is 17.5. The van der Waals surface area contributed by atoms with Gasteiger partial charge in [-0.1, -0.05) is 102 Å². The number of thiophene rings is 1. The van der Waals surface area contributed by atoms with Gasteiger partial charge in [-0.25, -0.2) is 0 Å². The first kappa shape index (κ1) is 29.1. The van der Waals surface area contributed by atoms with Crippen LogP contribution in [0.2, 0.25) is 0 Å². The van der Waals surface area contributed by atoms with Crippen molar-refractivity contribution in [3.8, 4) is 11.1 Å². The van der Waals surface area contributed by atoms with Gasteiger partial charge in [-0.3, -0.25) is 0 Å². The maximum Gasteiger partial charge on any atom is 0.249 e. The van der Waals surface area contributed by atoms with Gasteiger partial charge in [0.05, 0.1) is 5.69 Å². The fourth-order valence-electron chi connectivity index (χ4n) is 8.56. The van der Waals surface area contributed by atoms with Crippen LogP contribution >= 0.6 is 34.9 Å². The van der Waals surface area contributed by atoms with E-state index in [0.717, 1.165) is 6.42 Å². The van der Waals surface area contributed by atoms with Crippen molar-refractivity contribution in [2.75, 3.05) is 9.80 Å². The maximum atomic E-state index is 2.58. The zero-order chi connectivity index (χ0) is 32.8. The smallest absolute Gasteiger partial charge is 0.249 e. The third-order valence-electron chi connectivity index (χ3n) is 10.7. The van der Waals surface area contributed by atoms with Crippen LogP contribution in [0.3, 0.4) is 0 Å². The molecule has 11 rings (SSSR count). The van der Waals surface area contributed by atoms with Crippen LogP contribution in [0.1, 0.15) is 25.7 Å². The Bertz CT molecular complexity index is 2540. The van der Waals surface area contributed by atoms with E-state index >= 15 is 0 Å². The summed E-state index contributed by atoms with van der Waals surface area (Å²) in [6.07, 6.45) is 4.80. The number of rotatable bonds is 3. The maximum absolute atomic E-state index is 2.58. The molecule has 0 N–H and O–H groups in total. The number of hydrogen-bond acceptors (Lipinski definition) is 5. The van der Waals surface area contributed by atoms with Crippen LogP contribution < -0.4 is 26.2 Å². The van der Waals surface area contributed by atoms with Gasteiger partial charge in [0.15, 0.2) is 0 Å². The molecule has 0 radical (unpaired) electrons. The highest BCUT2D eigenvalue weighted by Crippen LogP contribution is 2.52. The molecule has 2 nitrogen and oxygen atoms in total. The second kappa shape index (κ2) is 11.5. The molecule has 3 aliphatic heterocycles. The minimum Gasteiger partial charge on any atom is -0.312 e. The van der Waals surface area contributed by atoms with Gasteiger partial charge < -0.3 is 9.80 Å². The summed E-state index contributed by atoms with van der Waals surface area (Å²) >= 11 is 5.75. The number of allylic oxidation sites excluding steroid dienone is 2. The van der Waals surface area contributed by atoms with Crippen LogP contribution in [0.4, 0.5) is 28.4 Å². The number of nitrogens with zero attached hydrogens (tertiary/aromatic N) is 2. The highest BCUT2D eigenvalue weighted by Gasteiger charge is 2.41. The lowest BCUT2D eigenvalue weighted by molar-refractivity contribution is 0.680. The van der Waals surface area contributed by atoms with Crippen molar-refractivity contribution < 1.29 is 0 Å². The first-order chi connectivity index (χ1) is 24.8. The highest BCUT2D eigenvalue weighted by molar-refractivity contribution is 8.03. The number of para-hydroxylation sites is 2. The molecule has 0 amide bonds. The highest BCUT2D eigenvalue weighted by atomic mass is 32.2. The third kappa shape index (κ3) is 4.38. The second-order valence-electron chi connectivity index (χ2n) is 13.5. The average Bonchev–Trinajstić information content (AvgIpc) is 3.66. The van der Waals surface area contributed by atoms with Gasteiger partial charge in [0.1, 0.15) is 0 Å². The molecule has 0 spiro atoms. The fourth-order valence-corrected chi connectivity index (χ4v) is 11.9. The lowest BCUT2D eigenvalue weighted by atomic mass is 9.34. The van der Waals surface area contributed by atoms with E-state index in [1.807, 2.05) is 34.9 Å². The standard InChI is InChI=1S/C44H31BN2S3/c1-2-11-30(12-3-1)46-37-16-9-19-42-43(37)45(34-26-29(20-23-39(34)49-42)32-13-8-10-28-24-25-48-44(28)32)33-22-21-31(27-38(33)46)47-35-14-4-6-17-40(35)50-41-18-7-5-15-36(41)47/h1-4,6,8-14,16-17,19-27H,5,7,15,18H2. The molecule has 0 saturated heterocycles. The van der Waals surface area contributed by atoms with E-state index in [4.69, 9.17) is 0 Å². The van der Waals surface area contributed by atoms with Crippen LogP contribution in [0.25, 0.3) is 21.2 Å². The van der Waals surface area contributed by atoms with E-state index in [9.17, 15) is 0 Å². The molecule has 4 heterocycles. The van der Waals surface area contributed by atoms with Crippen LogP contribution in [0.5, 0.6) is 0 Å². The largest absolute Gasteiger partial charge is 0.312 e. The Balaban J connectivity index is 1.15. The van der Waals surface area contributed by atoms with Gasteiger partial charge in [0.2, 0.25) is 6.71 Å². The molecule has 50 heavy (non-hydrogen) atoms. The molecule has 1 aromatic heterocycles. The van der Waals surface area contributed by atoms with Crippen molar-refractivity contribution in [2.45, 2.75) is 40.4 Å². The number of thioether (sulfide) groups is 1. The van der Waals surface area contributed by atoms with E-state index in [0.29, 0.717) is 0 Å². The number of fused-ring (bicyclic) bond motifs is 6. The Kier molecular flexibility index (Phi) is 6.68. The topological polar surface area (TPSA) is 6.48 Å². The van der Waals surface area contributed by atoms with Gasteiger partial charge >= 0.3 is 0 Å². The molecule has 0 atom stereocenters. The number of benzene rings is 6. The number of hydrogen-bond donors (Lipinski definition) is 0. The summed E-state index contributed by atoms with van der Waals surface area (Å²) in [5.74, 6) is 0. The molecule has 0 unspecified atom stereocenters. The average molecular weight is 695 g/mol. The monoisotopic (exact) mass is 694 g/mol. The molecule has 1 aliphatic carbocycles. The van der Waals surface area contributed by atoms with Crippen LogP contribution in [-0.4, -0.2) is 6.71 Å². The molecule has 0 saturated carbocycles. The summed E-state index contributed by atoms with van der Waals surface area (Å²) in [7, 11) is 0. The Morgan fingerprint density at radius 3 is 2.34 bits per heavy atom. The molecular formula is C44H31BN2S3. The summed E-state index contributed by atoms with van der Waals surface area (Å²) in [6, 6.07) is 50.3. The summed E-state index contributed by atoms with van der Waals surface area (Å²) in [6.45, 7) is 0.137. The van der Waals surface area contributed by atoms with Crippen molar-refractivity contribution >= 4 is 96.5 Å². The third-order valence-corrected chi connectivity index (χ3v) is 14.1. The Morgan fingerprint density at radius 1 is 0.540 bits per heavy atom. The van der Waals surface area contributed by atoms with E-state index in [-0.39, 0.29) is 6.71 Å². The summed E-state index contributed by atoms with van der Waals surface area (Å²) in [5, 5.41) is 3.53. The van der Waals surface area contributed by atoms with Crippen molar-refractivity contribution in [1.29, 1.82) is 0 Å². The zero-order valence-electron chi connectivity index (χ0n) is 27.3. The Labute approximate surface area is 305 Å². The van der Waals surface area contributed by atoms with Crippen molar-refractivity contribution in [1.82, 2.24) is 0 Å². The predicted octanol–water partition coefficient (Wildman–Crippen LogP) is 11.4. The quantitative estimate of drug-likeness (QED) is 0.170. The summed E-state index contributed by atoms with van der Waals surface area (Å²) in [4.78, 5) is 10.7. The van der Waals surface area contributed by atoms with Gasteiger partial charge in [-0.05, 0) is 119 Å². The van der Waals surface area contributed by atoms with Crippen LogP contribution in [0, 0.1) is 0 Å². The van der Waals surface area contributed by atoms with Crippen molar-refractivity contribution in [3.05, 3.63) is 149 Å². The van der Waals surface area contributed by atoms with Crippen molar-refractivity contribution in [2.24, 2.45) is 0 Å². The minimum absolute atomic E-state index is 0.137. The summed E-state index contributed by atoms with van der Waals surface area (Å²) < 4.78 is 1.36. The summed E-state index contributed by atoms with van der Waals surface area (Å²) in [5.41, 5.74) is 14.6. The predicted molar refractivity (Wildman–Crippen MR) is 217 cm³/mol. The Hall–Kier alpha value is -4.62. The molecule has 0 bridgehead atoms. The normalized spacial score (nSPS) is 15.7. The van der Waals surface area contributed by atoms with E-state index in [1.54, 1.807) is 0 Å². The lowest BCUT2D eigenvalue weighted by Crippen LogP contribution is -2.59.